The molecule has 0 saturated heterocycles. The standard InChI is InChI=1S/C9H11NO2.CHF3O3S/c10-8(9(11)12)6-7-4-2-1-3-5-7;2-1(3,4)8(5,6)7/h1-5,8H,6,10H2,(H,11,12);(H,5,6,7)/t8-;/m0./s1. The topological polar surface area (TPSA) is 118 Å². The van der Waals surface area contributed by atoms with Crippen LogP contribution in [0.25, 0.3) is 0 Å². The fourth-order valence-corrected chi connectivity index (χ4v) is 0.955. The minimum Gasteiger partial charge on any atom is -0.480 e. The Bertz CT molecular complexity index is 530. The summed E-state index contributed by atoms with van der Waals surface area (Å²) in [5.74, 6) is -0.959. The van der Waals surface area contributed by atoms with E-state index in [2.05, 4.69) is 0 Å². The Morgan fingerprint density at radius 2 is 1.65 bits per heavy atom. The van der Waals surface area contributed by atoms with E-state index in [0.717, 1.165) is 5.56 Å². The maximum absolute atomic E-state index is 10.7. The van der Waals surface area contributed by atoms with Gasteiger partial charge in [-0.25, -0.2) is 0 Å². The van der Waals surface area contributed by atoms with Crippen molar-refractivity contribution in [3.63, 3.8) is 0 Å². The van der Waals surface area contributed by atoms with E-state index >= 15 is 0 Å². The second-order valence-corrected chi connectivity index (χ2v) is 4.97. The first-order valence-electron chi connectivity index (χ1n) is 5.01. The molecule has 20 heavy (non-hydrogen) atoms. The summed E-state index contributed by atoms with van der Waals surface area (Å²) in [6, 6.07) is 8.54. The Morgan fingerprint density at radius 3 is 1.95 bits per heavy atom. The van der Waals surface area contributed by atoms with Crippen molar-refractivity contribution < 1.29 is 36.0 Å². The smallest absolute Gasteiger partial charge is 0.480 e. The molecule has 4 N–H and O–H groups in total. The van der Waals surface area contributed by atoms with Crippen LogP contribution in [0.3, 0.4) is 0 Å². The van der Waals surface area contributed by atoms with Crippen molar-refractivity contribution in [2.24, 2.45) is 5.73 Å². The summed E-state index contributed by atoms with van der Waals surface area (Å²) in [5.41, 5.74) is 0.766. The first kappa shape index (κ1) is 18.4. The molecule has 6 nitrogen and oxygen atoms in total. The van der Waals surface area contributed by atoms with Crippen molar-refractivity contribution in [1.82, 2.24) is 0 Å². The first-order valence-corrected chi connectivity index (χ1v) is 6.45. The molecule has 0 aliphatic rings. The lowest BCUT2D eigenvalue weighted by molar-refractivity contribution is -0.138. The van der Waals surface area contributed by atoms with Crippen molar-refractivity contribution in [1.29, 1.82) is 0 Å². The summed E-state index contributed by atoms with van der Waals surface area (Å²) in [4.78, 5) is 10.4. The number of benzene rings is 1. The van der Waals surface area contributed by atoms with Crippen LogP contribution in [-0.2, 0) is 21.3 Å². The molecule has 0 radical (unpaired) electrons. The number of halogens is 3. The summed E-state index contributed by atoms with van der Waals surface area (Å²) >= 11 is 0. The average molecular weight is 315 g/mol. The highest BCUT2D eigenvalue weighted by atomic mass is 32.2. The molecule has 0 aromatic heterocycles. The lowest BCUT2D eigenvalue weighted by Crippen LogP contribution is -2.32. The fourth-order valence-electron chi connectivity index (χ4n) is 0.955. The Hall–Kier alpha value is -1.65. The van der Waals surface area contributed by atoms with Crippen molar-refractivity contribution in [3.05, 3.63) is 35.9 Å². The number of carbonyl (C=O) groups is 1. The molecule has 0 aliphatic heterocycles. The van der Waals surface area contributed by atoms with Gasteiger partial charge in [0.25, 0.3) is 0 Å². The molecule has 0 unspecified atom stereocenters. The van der Waals surface area contributed by atoms with Crippen LogP contribution in [0.4, 0.5) is 13.2 Å². The zero-order valence-corrected chi connectivity index (χ0v) is 10.7. The third kappa shape index (κ3) is 7.07. The van der Waals surface area contributed by atoms with Gasteiger partial charge in [-0.05, 0) is 12.0 Å². The second kappa shape index (κ2) is 7.22. The first-order chi connectivity index (χ1) is 8.95. The van der Waals surface area contributed by atoms with E-state index in [1.807, 2.05) is 30.3 Å². The molecule has 1 atom stereocenters. The number of carboxylic acids is 1. The zero-order valence-electron chi connectivity index (χ0n) is 9.91. The van der Waals surface area contributed by atoms with Gasteiger partial charge in [0, 0.05) is 0 Å². The van der Waals surface area contributed by atoms with Crippen molar-refractivity contribution in [2.75, 3.05) is 0 Å². The molecule has 0 bridgehead atoms. The van der Waals surface area contributed by atoms with Gasteiger partial charge in [0.15, 0.2) is 0 Å². The third-order valence-corrected chi connectivity index (χ3v) is 2.49. The highest BCUT2D eigenvalue weighted by Gasteiger charge is 2.44. The minimum absolute atomic E-state index is 0.385. The number of rotatable bonds is 3. The van der Waals surface area contributed by atoms with Gasteiger partial charge in [-0.15, -0.1) is 0 Å². The Balaban J connectivity index is 0.000000396. The Labute approximate surface area is 112 Å². The van der Waals surface area contributed by atoms with Gasteiger partial charge in [-0.3, -0.25) is 9.35 Å². The van der Waals surface area contributed by atoms with E-state index in [9.17, 15) is 18.0 Å². The molecule has 0 saturated carbocycles. The van der Waals surface area contributed by atoms with Gasteiger partial charge in [-0.2, -0.15) is 21.6 Å². The van der Waals surface area contributed by atoms with E-state index in [-0.39, 0.29) is 0 Å². The van der Waals surface area contributed by atoms with Gasteiger partial charge >= 0.3 is 21.6 Å². The summed E-state index contributed by atoms with van der Waals surface area (Å²) in [7, 11) is -5.84. The van der Waals surface area contributed by atoms with Crippen LogP contribution < -0.4 is 5.73 Å². The largest absolute Gasteiger partial charge is 0.522 e. The molecule has 0 fully saturated rings. The maximum Gasteiger partial charge on any atom is 0.522 e. The summed E-state index contributed by atoms with van der Waals surface area (Å²) in [6.45, 7) is 0. The Morgan fingerprint density at radius 1 is 1.25 bits per heavy atom. The lowest BCUT2D eigenvalue weighted by Gasteiger charge is -2.04. The van der Waals surface area contributed by atoms with Crippen LogP contribution in [0.15, 0.2) is 30.3 Å². The van der Waals surface area contributed by atoms with E-state index in [4.69, 9.17) is 23.8 Å². The molecule has 0 spiro atoms. The highest BCUT2D eigenvalue weighted by molar-refractivity contribution is 7.86. The SMILES string of the molecule is N[C@@H](Cc1ccccc1)C(=O)O.O=S(=O)(O)C(F)(F)F. The van der Waals surface area contributed by atoms with Crippen molar-refractivity contribution in [2.45, 2.75) is 18.0 Å². The normalized spacial score (nSPS) is 13.1. The number of hydrogen-bond acceptors (Lipinski definition) is 4. The third-order valence-electron chi connectivity index (χ3n) is 1.91. The highest BCUT2D eigenvalue weighted by Crippen LogP contribution is 2.20. The van der Waals surface area contributed by atoms with Gasteiger partial charge in [-0.1, -0.05) is 30.3 Å². The van der Waals surface area contributed by atoms with E-state index in [1.54, 1.807) is 0 Å². The van der Waals surface area contributed by atoms with Gasteiger partial charge in [0.05, 0.1) is 0 Å². The van der Waals surface area contributed by atoms with Gasteiger partial charge in [0.1, 0.15) is 6.04 Å². The molecular formula is C10H12F3NO5S. The second-order valence-electron chi connectivity index (χ2n) is 3.56. The molecule has 0 amide bonds. The van der Waals surface area contributed by atoms with E-state index < -0.39 is 27.6 Å². The van der Waals surface area contributed by atoms with Crippen molar-refractivity contribution in [3.8, 4) is 0 Å². The van der Waals surface area contributed by atoms with E-state index in [1.165, 1.54) is 0 Å². The van der Waals surface area contributed by atoms with Crippen LogP contribution in [0, 0.1) is 0 Å². The monoisotopic (exact) mass is 315 g/mol. The fraction of sp³-hybridized carbons (Fsp3) is 0.300. The summed E-state index contributed by atoms with van der Waals surface area (Å²) in [6.07, 6.45) is 0.385. The number of hydrogen-bond donors (Lipinski definition) is 3. The quantitative estimate of drug-likeness (QED) is 0.566. The molecule has 1 rings (SSSR count). The van der Waals surface area contributed by atoms with Crippen LogP contribution in [0.5, 0.6) is 0 Å². The molecular weight excluding hydrogens is 303 g/mol. The summed E-state index contributed by atoms with van der Waals surface area (Å²) < 4.78 is 57.5. The summed E-state index contributed by atoms with van der Waals surface area (Å²) in [5, 5.41) is 8.52. The predicted octanol–water partition coefficient (Wildman–Crippen LogP) is 1.04. The Kier molecular flexibility index (Phi) is 6.62. The van der Waals surface area contributed by atoms with E-state index in [0.29, 0.717) is 6.42 Å². The number of nitrogens with two attached hydrogens (primary N) is 1. The molecule has 0 heterocycles. The van der Waals surface area contributed by atoms with Crippen LogP contribution in [0.2, 0.25) is 0 Å². The number of alkyl halides is 3. The molecule has 114 valence electrons. The zero-order chi connectivity index (χ0) is 16.0. The van der Waals surface area contributed by atoms with Crippen molar-refractivity contribution >= 4 is 16.1 Å². The van der Waals surface area contributed by atoms with Crippen LogP contribution in [0.1, 0.15) is 5.56 Å². The molecule has 10 heteroatoms. The van der Waals surface area contributed by atoms with Gasteiger partial charge < -0.3 is 10.8 Å². The maximum atomic E-state index is 10.7. The minimum atomic E-state index is -5.84. The van der Waals surface area contributed by atoms with Crippen LogP contribution in [-0.4, -0.2) is 35.6 Å². The number of carboxylic acid groups (broad SMARTS) is 1. The molecule has 1 aromatic carbocycles. The number of aliphatic carboxylic acids is 1. The molecule has 1 aromatic rings. The van der Waals surface area contributed by atoms with Gasteiger partial charge in [0.2, 0.25) is 0 Å². The van der Waals surface area contributed by atoms with Crippen LogP contribution >= 0.6 is 0 Å². The predicted molar refractivity (Wildman–Crippen MR) is 63.4 cm³/mol. The lowest BCUT2D eigenvalue weighted by atomic mass is 10.1. The molecule has 0 aliphatic carbocycles. The average Bonchev–Trinajstić information content (AvgIpc) is 2.28.